The number of H-pyrrole nitrogens is 1. The Morgan fingerprint density at radius 3 is 2.76 bits per heavy atom. The number of fused-ring (bicyclic) bond motifs is 1. The maximum Gasteiger partial charge on any atom is 0.233 e. The number of hydrogen-bond donors (Lipinski definition) is 3. The second-order valence-corrected chi connectivity index (χ2v) is 8.91. The predicted molar refractivity (Wildman–Crippen MR) is 134 cm³/mol. The number of aromatic nitrogens is 4. The van der Waals surface area contributed by atoms with Gasteiger partial charge >= 0.3 is 0 Å². The highest BCUT2D eigenvalue weighted by atomic mass is 16.5. The topological polar surface area (TPSA) is 91.0 Å². The van der Waals surface area contributed by atoms with Gasteiger partial charge in [-0.25, -0.2) is 9.97 Å². The highest BCUT2D eigenvalue weighted by Crippen LogP contribution is 2.32. The fourth-order valence-corrected chi connectivity index (χ4v) is 4.77. The van der Waals surface area contributed by atoms with E-state index < -0.39 is 0 Å². The van der Waals surface area contributed by atoms with E-state index >= 15 is 0 Å². The Morgan fingerprint density at radius 2 is 1.88 bits per heavy atom. The van der Waals surface area contributed by atoms with Crippen molar-refractivity contribution in [2.75, 3.05) is 44.2 Å². The third kappa shape index (κ3) is 4.34. The number of rotatable bonds is 5. The van der Waals surface area contributed by atoms with Crippen LogP contribution in [0.15, 0.2) is 55.0 Å². The van der Waals surface area contributed by atoms with E-state index in [4.69, 9.17) is 14.7 Å². The summed E-state index contributed by atoms with van der Waals surface area (Å²) in [6.07, 6.45) is 7.79. The van der Waals surface area contributed by atoms with E-state index in [2.05, 4.69) is 61.9 Å². The van der Waals surface area contributed by atoms with Crippen molar-refractivity contribution in [3.63, 3.8) is 0 Å². The van der Waals surface area contributed by atoms with Crippen LogP contribution in [0.2, 0.25) is 0 Å². The number of nitrogens with zero attached hydrogens (tertiary/aromatic N) is 4. The first kappa shape index (κ1) is 21.1. The molecule has 8 nitrogen and oxygen atoms in total. The van der Waals surface area contributed by atoms with Gasteiger partial charge in [0.15, 0.2) is 0 Å². The number of aromatic amines is 1. The molecule has 2 saturated heterocycles. The molecule has 2 aliphatic heterocycles. The highest BCUT2D eigenvalue weighted by molar-refractivity contribution is 5.97. The molecule has 6 rings (SSSR count). The standard InChI is InChI=1S/C26H29N7O/c1-4-22(31-25(5-1)33-11-9-27-10-12-33)18-6-7-23-20(13-18)21(15-30-23)24-16-29-17-26(32-24)34-19-3-2-8-28-14-19/h1,4-7,13,15-17,19,27-28,30H,2-3,8-12,14H2/t19-/m1/s1. The lowest BCUT2D eigenvalue weighted by atomic mass is 10.0. The van der Waals surface area contributed by atoms with Gasteiger partial charge in [0.2, 0.25) is 5.88 Å². The number of nitrogens with one attached hydrogen (secondary N) is 3. The Balaban J connectivity index is 1.31. The van der Waals surface area contributed by atoms with Gasteiger partial charge in [-0.15, -0.1) is 0 Å². The van der Waals surface area contributed by atoms with Crippen molar-refractivity contribution in [2.45, 2.75) is 18.9 Å². The largest absolute Gasteiger partial charge is 0.472 e. The van der Waals surface area contributed by atoms with Crippen LogP contribution < -0.4 is 20.3 Å². The van der Waals surface area contributed by atoms with Crippen LogP contribution in [0.4, 0.5) is 5.82 Å². The molecule has 2 fully saturated rings. The number of piperidine rings is 1. The molecule has 0 unspecified atom stereocenters. The molecule has 0 spiro atoms. The number of ether oxygens (including phenoxy) is 1. The fraction of sp³-hybridized carbons (Fsp3) is 0.346. The van der Waals surface area contributed by atoms with E-state index in [1.807, 2.05) is 6.20 Å². The highest BCUT2D eigenvalue weighted by Gasteiger charge is 2.17. The molecule has 34 heavy (non-hydrogen) atoms. The summed E-state index contributed by atoms with van der Waals surface area (Å²) in [5.41, 5.74) is 4.92. The third-order valence-electron chi connectivity index (χ3n) is 6.58. The second kappa shape index (κ2) is 9.40. The molecule has 4 aromatic rings. The molecule has 1 aromatic carbocycles. The maximum atomic E-state index is 6.10. The lowest BCUT2D eigenvalue weighted by Crippen LogP contribution is -2.43. The van der Waals surface area contributed by atoms with Crippen molar-refractivity contribution >= 4 is 16.7 Å². The van der Waals surface area contributed by atoms with E-state index in [1.54, 1.807) is 12.4 Å². The van der Waals surface area contributed by atoms with Gasteiger partial charge in [-0.3, -0.25) is 4.98 Å². The number of benzene rings is 1. The van der Waals surface area contributed by atoms with E-state index in [0.29, 0.717) is 5.88 Å². The predicted octanol–water partition coefficient (Wildman–Crippen LogP) is 3.23. The molecule has 0 saturated carbocycles. The van der Waals surface area contributed by atoms with Crippen molar-refractivity contribution in [1.29, 1.82) is 0 Å². The summed E-state index contributed by atoms with van der Waals surface area (Å²) in [5, 5.41) is 7.87. The molecule has 174 valence electrons. The molecule has 1 atom stereocenters. The number of anilines is 1. The summed E-state index contributed by atoms with van der Waals surface area (Å²) >= 11 is 0. The molecule has 0 bridgehead atoms. The van der Waals surface area contributed by atoms with E-state index in [0.717, 1.165) is 91.3 Å². The van der Waals surface area contributed by atoms with Crippen LogP contribution in [-0.4, -0.2) is 65.3 Å². The van der Waals surface area contributed by atoms with Gasteiger partial charge in [0.1, 0.15) is 11.9 Å². The van der Waals surface area contributed by atoms with Crippen LogP contribution >= 0.6 is 0 Å². The zero-order valence-electron chi connectivity index (χ0n) is 19.1. The van der Waals surface area contributed by atoms with Crippen LogP contribution in [0.3, 0.4) is 0 Å². The maximum absolute atomic E-state index is 6.10. The Kier molecular flexibility index (Phi) is 5.83. The monoisotopic (exact) mass is 455 g/mol. The molecule has 3 N–H and O–H groups in total. The van der Waals surface area contributed by atoms with Gasteiger partial charge in [0.05, 0.1) is 23.8 Å². The molecule has 0 aliphatic carbocycles. The zero-order valence-corrected chi connectivity index (χ0v) is 19.1. The second-order valence-electron chi connectivity index (χ2n) is 8.91. The summed E-state index contributed by atoms with van der Waals surface area (Å²) in [6.45, 7) is 5.84. The van der Waals surface area contributed by atoms with Gasteiger partial charge in [0, 0.05) is 61.0 Å². The van der Waals surface area contributed by atoms with Crippen molar-refractivity contribution in [3.8, 4) is 28.4 Å². The van der Waals surface area contributed by atoms with Crippen molar-refractivity contribution in [2.24, 2.45) is 0 Å². The van der Waals surface area contributed by atoms with Crippen LogP contribution in [-0.2, 0) is 0 Å². The molecule has 8 heteroatoms. The van der Waals surface area contributed by atoms with Crippen LogP contribution in [0, 0.1) is 0 Å². The SMILES string of the molecule is c1cc(-c2ccc3[nH]cc(-c4cncc(O[C@@H]5CCCNC5)n4)c3c2)nc(N2CCNCC2)c1. The van der Waals surface area contributed by atoms with E-state index in [-0.39, 0.29) is 6.10 Å². The van der Waals surface area contributed by atoms with Crippen molar-refractivity contribution in [1.82, 2.24) is 30.6 Å². The minimum Gasteiger partial charge on any atom is -0.472 e. The molecule has 0 amide bonds. The number of hydrogen-bond acceptors (Lipinski definition) is 7. The third-order valence-corrected chi connectivity index (χ3v) is 6.58. The molecular weight excluding hydrogens is 426 g/mol. The summed E-state index contributed by atoms with van der Waals surface area (Å²) in [4.78, 5) is 19.9. The Labute approximate surface area is 198 Å². The van der Waals surface area contributed by atoms with Crippen molar-refractivity contribution in [3.05, 3.63) is 55.0 Å². The van der Waals surface area contributed by atoms with Gasteiger partial charge in [0.25, 0.3) is 0 Å². The zero-order chi connectivity index (χ0) is 22.7. The van der Waals surface area contributed by atoms with Crippen LogP contribution in [0.25, 0.3) is 33.4 Å². The minimum atomic E-state index is 0.141. The molecule has 2 aliphatic rings. The van der Waals surface area contributed by atoms with Crippen LogP contribution in [0.1, 0.15) is 12.8 Å². The molecular formula is C26H29N7O. The lowest BCUT2D eigenvalue weighted by molar-refractivity contribution is 0.160. The fourth-order valence-electron chi connectivity index (χ4n) is 4.77. The summed E-state index contributed by atoms with van der Waals surface area (Å²) in [5.74, 6) is 1.60. The first-order valence-electron chi connectivity index (χ1n) is 12.1. The Bertz CT molecular complexity index is 1280. The normalized spacial score (nSPS) is 18.8. The van der Waals surface area contributed by atoms with Crippen molar-refractivity contribution < 1.29 is 4.74 Å². The summed E-state index contributed by atoms with van der Waals surface area (Å²) in [6, 6.07) is 12.7. The number of piperazine rings is 1. The average Bonchev–Trinajstić information content (AvgIpc) is 3.33. The minimum absolute atomic E-state index is 0.141. The Hall–Kier alpha value is -3.49. The summed E-state index contributed by atoms with van der Waals surface area (Å²) in [7, 11) is 0. The van der Waals surface area contributed by atoms with Crippen LogP contribution in [0.5, 0.6) is 5.88 Å². The molecule has 3 aromatic heterocycles. The first-order chi connectivity index (χ1) is 16.8. The molecule has 5 heterocycles. The van der Waals surface area contributed by atoms with Gasteiger partial charge in [-0.1, -0.05) is 12.1 Å². The Morgan fingerprint density at radius 1 is 0.941 bits per heavy atom. The van der Waals surface area contributed by atoms with Gasteiger partial charge in [-0.05, 0) is 43.7 Å². The summed E-state index contributed by atoms with van der Waals surface area (Å²) < 4.78 is 6.10. The van der Waals surface area contributed by atoms with Gasteiger partial charge < -0.3 is 25.3 Å². The number of pyridine rings is 1. The van der Waals surface area contributed by atoms with E-state index in [1.165, 1.54) is 0 Å². The van der Waals surface area contributed by atoms with Gasteiger partial charge in [-0.2, -0.15) is 0 Å². The first-order valence-corrected chi connectivity index (χ1v) is 12.1. The van der Waals surface area contributed by atoms with E-state index in [9.17, 15) is 0 Å². The lowest BCUT2D eigenvalue weighted by Gasteiger charge is -2.28. The quantitative estimate of drug-likeness (QED) is 0.426. The smallest absolute Gasteiger partial charge is 0.233 e. The molecule has 0 radical (unpaired) electrons. The average molecular weight is 456 g/mol.